The van der Waals surface area contributed by atoms with E-state index in [0.29, 0.717) is 36.2 Å². The number of ether oxygens (including phenoxy) is 2. The van der Waals surface area contributed by atoms with E-state index in [-0.39, 0.29) is 18.1 Å². The Hall–Kier alpha value is -3.00. The van der Waals surface area contributed by atoms with Gasteiger partial charge < -0.3 is 14.8 Å². The number of carbonyl (C=O) groups excluding carboxylic acids is 1. The van der Waals surface area contributed by atoms with Crippen LogP contribution in [0.4, 0.5) is 0 Å². The zero-order valence-corrected chi connectivity index (χ0v) is 16.4. The summed E-state index contributed by atoms with van der Waals surface area (Å²) in [6, 6.07) is 8.99. The molecule has 9 heteroatoms. The molecular formula is C20H20ClN5O3. The summed E-state index contributed by atoms with van der Waals surface area (Å²) < 4.78 is 15.3. The molecule has 0 bridgehead atoms. The Kier molecular flexibility index (Phi) is 4.63. The van der Waals surface area contributed by atoms with Gasteiger partial charge in [-0.3, -0.25) is 9.48 Å². The zero-order valence-electron chi connectivity index (χ0n) is 15.6. The molecule has 1 aromatic carbocycles. The van der Waals surface area contributed by atoms with Crippen LogP contribution in [0.25, 0.3) is 0 Å². The molecule has 2 aliphatic rings. The molecule has 4 heterocycles. The number of rotatable bonds is 5. The van der Waals surface area contributed by atoms with Crippen molar-refractivity contribution in [1.82, 2.24) is 24.9 Å². The van der Waals surface area contributed by atoms with Crippen LogP contribution in [0, 0.1) is 0 Å². The van der Waals surface area contributed by atoms with Crippen molar-refractivity contribution in [3.63, 3.8) is 0 Å². The SMILES string of the molecule is O=C(N[C@H]1COc2ccc(Cl)cc2C1)c1cc2n(n1)CC(CCn1cccn1)O2. The first-order valence-corrected chi connectivity index (χ1v) is 9.96. The molecule has 150 valence electrons. The Bertz CT molecular complexity index is 1010. The summed E-state index contributed by atoms with van der Waals surface area (Å²) >= 11 is 6.06. The molecule has 0 saturated heterocycles. The molecule has 0 spiro atoms. The maximum atomic E-state index is 12.6. The molecule has 1 N–H and O–H groups in total. The third-order valence-electron chi connectivity index (χ3n) is 5.14. The predicted octanol–water partition coefficient (Wildman–Crippen LogP) is 2.32. The zero-order chi connectivity index (χ0) is 19.8. The third-order valence-corrected chi connectivity index (χ3v) is 5.38. The lowest BCUT2D eigenvalue weighted by Crippen LogP contribution is -2.42. The molecule has 8 nitrogen and oxygen atoms in total. The second kappa shape index (κ2) is 7.44. The molecule has 0 saturated carbocycles. The highest BCUT2D eigenvalue weighted by molar-refractivity contribution is 6.30. The normalized spacial score (nSPS) is 19.8. The molecule has 0 radical (unpaired) electrons. The molecule has 5 rings (SSSR count). The summed E-state index contributed by atoms with van der Waals surface area (Å²) in [6.07, 6.45) is 5.22. The van der Waals surface area contributed by atoms with E-state index in [4.69, 9.17) is 21.1 Å². The molecule has 2 atom stereocenters. The summed E-state index contributed by atoms with van der Waals surface area (Å²) in [6.45, 7) is 1.82. The van der Waals surface area contributed by atoms with Gasteiger partial charge in [0.2, 0.25) is 5.88 Å². The van der Waals surface area contributed by atoms with E-state index < -0.39 is 0 Å². The van der Waals surface area contributed by atoms with Crippen LogP contribution in [0.1, 0.15) is 22.5 Å². The van der Waals surface area contributed by atoms with E-state index in [1.807, 2.05) is 29.1 Å². The molecular weight excluding hydrogens is 394 g/mol. The maximum Gasteiger partial charge on any atom is 0.272 e. The number of nitrogens with one attached hydrogen (secondary N) is 1. The van der Waals surface area contributed by atoms with Crippen molar-refractivity contribution in [2.45, 2.75) is 38.1 Å². The Morgan fingerprint density at radius 1 is 1.34 bits per heavy atom. The van der Waals surface area contributed by atoms with E-state index in [0.717, 1.165) is 24.3 Å². The van der Waals surface area contributed by atoms with Gasteiger partial charge in [0.15, 0.2) is 5.69 Å². The fraction of sp³-hybridized carbons (Fsp3) is 0.350. The van der Waals surface area contributed by atoms with Gasteiger partial charge in [-0.15, -0.1) is 0 Å². The maximum absolute atomic E-state index is 12.6. The van der Waals surface area contributed by atoms with Crippen molar-refractivity contribution in [3.8, 4) is 11.6 Å². The first kappa shape index (κ1) is 18.1. The molecule has 1 amide bonds. The van der Waals surface area contributed by atoms with Gasteiger partial charge in [0.1, 0.15) is 18.5 Å². The highest BCUT2D eigenvalue weighted by atomic mass is 35.5. The van der Waals surface area contributed by atoms with E-state index in [9.17, 15) is 4.79 Å². The summed E-state index contributed by atoms with van der Waals surface area (Å²) in [5.41, 5.74) is 1.34. The average molecular weight is 414 g/mol. The van der Waals surface area contributed by atoms with Gasteiger partial charge in [-0.25, -0.2) is 4.68 Å². The van der Waals surface area contributed by atoms with Gasteiger partial charge in [-0.1, -0.05) is 11.6 Å². The second-order valence-corrected chi connectivity index (χ2v) is 7.72. The number of benzene rings is 1. The number of amides is 1. The highest BCUT2D eigenvalue weighted by Crippen LogP contribution is 2.28. The van der Waals surface area contributed by atoms with Crippen LogP contribution in [-0.4, -0.2) is 44.2 Å². The van der Waals surface area contributed by atoms with Crippen LogP contribution < -0.4 is 14.8 Å². The molecule has 29 heavy (non-hydrogen) atoms. The van der Waals surface area contributed by atoms with Crippen LogP contribution in [0.3, 0.4) is 0 Å². The second-order valence-electron chi connectivity index (χ2n) is 7.29. The largest absolute Gasteiger partial charge is 0.491 e. The van der Waals surface area contributed by atoms with Gasteiger partial charge in [0.05, 0.1) is 12.6 Å². The number of nitrogens with zero attached hydrogens (tertiary/aromatic N) is 4. The van der Waals surface area contributed by atoms with Crippen molar-refractivity contribution in [3.05, 3.63) is 59.0 Å². The molecule has 2 aromatic heterocycles. The van der Waals surface area contributed by atoms with E-state index in [1.54, 1.807) is 23.0 Å². The summed E-state index contributed by atoms with van der Waals surface area (Å²) in [7, 11) is 0. The van der Waals surface area contributed by atoms with Crippen molar-refractivity contribution in [2.24, 2.45) is 0 Å². The Morgan fingerprint density at radius 2 is 2.28 bits per heavy atom. The fourth-order valence-corrected chi connectivity index (χ4v) is 3.91. The number of hydrogen-bond acceptors (Lipinski definition) is 5. The number of halogens is 1. The number of aromatic nitrogens is 4. The molecule has 2 aliphatic heterocycles. The Morgan fingerprint density at radius 3 is 3.10 bits per heavy atom. The number of fused-ring (bicyclic) bond motifs is 2. The molecule has 1 unspecified atom stereocenters. The molecule has 3 aromatic rings. The standard InChI is InChI=1S/C20H20ClN5O3/c21-14-2-3-18-13(8-14)9-15(12-28-18)23-20(27)17-10-19-26(24-17)11-16(29-19)4-7-25-6-1-5-22-25/h1-3,5-6,8,10,15-16H,4,7,9,11-12H2,(H,23,27)/t15-,16?/m1/s1. The fourth-order valence-electron chi connectivity index (χ4n) is 3.71. The predicted molar refractivity (Wildman–Crippen MR) is 105 cm³/mol. The van der Waals surface area contributed by atoms with Crippen LogP contribution in [0.15, 0.2) is 42.7 Å². The lowest BCUT2D eigenvalue weighted by Gasteiger charge is -2.26. The van der Waals surface area contributed by atoms with Gasteiger partial charge in [0.25, 0.3) is 5.91 Å². The van der Waals surface area contributed by atoms with Crippen LogP contribution in [-0.2, 0) is 19.5 Å². The van der Waals surface area contributed by atoms with Gasteiger partial charge >= 0.3 is 0 Å². The van der Waals surface area contributed by atoms with Crippen molar-refractivity contribution in [1.29, 1.82) is 0 Å². The minimum absolute atomic E-state index is 0.0341. The third kappa shape index (κ3) is 3.80. The minimum Gasteiger partial charge on any atom is -0.491 e. The summed E-state index contributed by atoms with van der Waals surface area (Å²) in [4.78, 5) is 12.6. The Balaban J connectivity index is 1.17. The smallest absolute Gasteiger partial charge is 0.272 e. The van der Waals surface area contributed by atoms with E-state index in [1.165, 1.54) is 0 Å². The van der Waals surface area contributed by atoms with Crippen molar-refractivity contribution < 1.29 is 14.3 Å². The lowest BCUT2D eigenvalue weighted by molar-refractivity contribution is 0.0908. The number of aryl methyl sites for hydroxylation is 1. The monoisotopic (exact) mass is 413 g/mol. The highest BCUT2D eigenvalue weighted by Gasteiger charge is 2.28. The molecule has 0 fully saturated rings. The summed E-state index contributed by atoms with van der Waals surface area (Å²) in [5.74, 6) is 1.20. The van der Waals surface area contributed by atoms with Gasteiger partial charge in [0, 0.05) is 36.4 Å². The first-order chi connectivity index (χ1) is 14.1. The van der Waals surface area contributed by atoms with Crippen LogP contribution in [0.5, 0.6) is 11.6 Å². The van der Waals surface area contributed by atoms with E-state index >= 15 is 0 Å². The topological polar surface area (TPSA) is 83.2 Å². The minimum atomic E-state index is -0.234. The molecule has 0 aliphatic carbocycles. The quantitative estimate of drug-likeness (QED) is 0.694. The first-order valence-electron chi connectivity index (χ1n) is 9.58. The summed E-state index contributed by atoms with van der Waals surface area (Å²) in [5, 5.41) is 12.2. The van der Waals surface area contributed by atoms with E-state index in [2.05, 4.69) is 15.5 Å². The number of hydrogen-bond donors (Lipinski definition) is 1. The van der Waals surface area contributed by atoms with Gasteiger partial charge in [-0.2, -0.15) is 10.2 Å². The average Bonchev–Trinajstić information content (AvgIpc) is 3.42. The van der Waals surface area contributed by atoms with Gasteiger partial charge in [-0.05, 0) is 36.2 Å². The van der Waals surface area contributed by atoms with Crippen molar-refractivity contribution >= 4 is 17.5 Å². The Labute approximate surface area is 172 Å². The van der Waals surface area contributed by atoms with Crippen LogP contribution in [0.2, 0.25) is 5.02 Å². The lowest BCUT2D eigenvalue weighted by atomic mass is 10.0. The van der Waals surface area contributed by atoms with Crippen molar-refractivity contribution in [2.75, 3.05) is 6.61 Å². The number of carbonyl (C=O) groups is 1. The van der Waals surface area contributed by atoms with Crippen LogP contribution >= 0.6 is 11.6 Å².